The lowest BCUT2D eigenvalue weighted by atomic mass is 10.2. The van der Waals surface area contributed by atoms with Gasteiger partial charge in [0.15, 0.2) is 11.6 Å². The SMILES string of the molecule is O=c1cc(NCC2CC2)cnn1Cc1cccc(F)c1F. The number of nitrogens with one attached hydrogen (secondary N) is 1. The molecule has 1 aromatic carbocycles. The molecule has 1 fully saturated rings. The zero-order valence-corrected chi connectivity index (χ0v) is 11.4. The quantitative estimate of drug-likeness (QED) is 0.920. The lowest BCUT2D eigenvalue weighted by molar-refractivity contribution is 0.489. The minimum Gasteiger partial charge on any atom is -0.383 e. The summed E-state index contributed by atoms with van der Waals surface area (Å²) in [7, 11) is 0. The molecule has 3 rings (SSSR count). The topological polar surface area (TPSA) is 46.9 Å². The van der Waals surface area contributed by atoms with Crippen LogP contribution in [0.2, 0.25) is 0 Å². The summed E-state index contributed by atoms with van der Waals surface area (Å²) in [6.07, 6.45) is 3.97. The third-order valence-electron chi connectivity index (χ3n) is 3.51. The van der Waals surface area contributed by atoms with Crippen molar-refractivity contribution in [1.29, 1.82) is 0 Å². The smallest absolute Gasteiger partial charge is 0.269 e. The Morgan fingerprint density at radius 2 is 2.14 bits per heavy atom. The highest BCUT2D eigenvalue weighted by Crippen LogP contribution is 2.28. The first-order chi connectivity index (χ1) is 10.1. The lowest BCUT2D eigenvalue weighted by Gasteiger charge is -2.08. The van der Waals surface area contributed by atoms with Crippen molar-refractivity contribution in [2.24, 2.45) is 5.92 Å². The molecule has 4 nitrogen and oxygen atoms in total. The van der Waals surface area contributed by atoms with Crippen LogP contribution in [-0.2, 0) is 6.54 Å². The molecule has 1 saturated carbocycles. The molecule has 1 aromatic heterocycles. The fourth-order valence-corrected chi connectivity index (χ4v) is 2.07. The maximum absolute atomic E-state index is 13.6. The Morgan fingerprint density at radius 3 is 2.86 bits per heavy atom. The second-order valence-electron chi connectivity index (χ2n) is 5.28. The first kappa shape index (κ1) is 13.7. The summed E-state index contributed by atoms with van der Waals surface area (Å²) in [6.45, 7) is 0.745. The second kappa shape index (κ2) is 5.63. The summed E-state index contributed by atoms with van der Waals surface area (Å²) in [5.41, 5.74) is 0.408. The van der Waals surface area contributed by atoms with Crippen molar-refractivity contribution >= 4 is 5.69 Å². The number of halogens is 2. The van der Waals surface area contributed by atoms with E-state index in [4.69, 9.17) is 0 Å². The molecule has 1 heterocycles. The molecule has 0 aliphatic heterocycles. The Hall–Kier alpha value is -2.24. The third kappa shape index (κ3) is 3.26. The molecule has 0 atom stereocenters. The van der Waals surface area contributed by atoms with Crippen molar-refractivity contribution in [2.45, 2.75) is 19.4 Å². The van der Waals surface area contributed by atoms with Crippen molar-refractivity contribution in [3.05, 3.63) is 58.0 Å². The van der Waals surface area contributed by atoms with Crippen molar-refractivity contribution in [3.8, 4) is 0 Å². The molecular formula is C15H15F2N3O. The number of nitrogens with zero attached hydrogens (tertiary/aromatic N) is 2. The van der Waals surface area contributed by atoms with Gasteiger partial charge in [-0.3, -0.25) is 4.79 Å². The van der Waals surface area contributed by atoms with E-state index in [2.05, 4.69) is 10.4 Å². The zero-order chi connectivity index (χ0) is 14.8. The Labute approximate surface area is 120 Å². The minimum absolute atomic E-state index is 0.0919. The normalized spacial score (nSPS) is 14.2. The zero-order valence-electron chi connectivity index (χ0n) is 11.4. The molecule has 1 N–H and O–H groups in total. The van der Waals surface area contributed by atoms with Gasteiger partial charge in [0.2, 0.25) is 0 Å². The predicted molar refractivity (Wildman–Crippen MR) is 75.2 cm³/mol. The molecule has 0 spiro atoms. The molecule has 2 aromatic rings. The van der Waals surface area contributed by atoms with E-state index >= 15 is 0 Å². The van der Waals surface area contributed by atoms with Gasteiger partial charge in [-0.2, -0.15) is 5.10 Å². The van der Waals surface area contributed by atoms with E-state index in [1.807, 2.05) is 0 Å². The van der Waals surface area contributed by atoms with Crippen LogP contribution in [0.4, 0.5) is 14.5 Å². The third-order valence-corrected chi connectivity index (χ3v) is 3.51. The minimum atomic E-state index is -0.942. The fraction of sp³-hybridized carbons (Fsp3) is 0.333. The first-order valence-corrected chi connectivity index (χ1v) is 6.87. The molecular weight excluding hydrogens is 276 g/mol. The average molecular weight is 291 g/mol. The highest BCUT2D eigenvalue weighted by Gasteiger charge is 2.20. The van der Waals surface area contributed by atoms with Crippen LogP contribution >= 0.6 is 0 Å². The number of rotatable bonds is 5. The van der Waals surface area contributed by atoms with Crippen LogP contribution in [0.3, 0.4) is 0 Å². The molecule has 6 heteroatoms. The maximum atomic E-state index is 13.6. The van der Waals surface area contributed by atoms with E-state index in [1.165, 1.54) is 37.2 Å². The van der Waals surface area contributed by atoms with Gasteiger partial charge in [0.05, 0.1) is 18.4 Å². The number of benzene rings is 1. The van der Waals surface area contributed by atoms with Crippen LogP contribution in [0.15, 0.2) is 35.3 Å². The van der Waals surface area contributed by atoms with Crippen molar-refractivity contribution in [3.63, 3.8) is 0 Å². The molecule has 1 aliphatic rings. The van der Waals surface area contributed by atoms with Gasteiger partial charge in [-0.05, 0) is 24.8 Å². The number of hydrogen-bond acceptors (Lipinski definition) is 3. The molecule has 21 heavy (non-hydrogen) atoms. The summed E-state index contributed by atoms with van der Waals surface area (Å²) < 4.78 is 27.8. The van der Waals surface area contributed by atoms with E-state index in [-0.39, 0.29) is 17.7 Å². The number of hydrogen-bond donors (Lipinski definition) is 1. The lowest BCUT2D eigenvalue weighted by Crippen LogP contribution is -2.24. The van der Waals surface area contributed by atoms with Crippen molar-refractivity contribution in [1.82, 2.24) is 9.78 Å². The molecule has 1 aliphatic carbocycles. The van der Waals surface area contributed by atoms with Gasteiger partial charge >= 0.3 is 0 Å². The molecule has 0 radical (unpaired) electrons. The predicted octanol–water partition coefficient (Wildman–Crippen LogP) is 2.39. The Morgan fingerprint density at radius 1 is 1.33 bits per heavy atom. The Kier molecular flexibility index (Phi) is 3.68. The molecule has 0 unspecified atom stereocenters. The van der Waals surface area contributed by atoms with E-state index in [0.29, 0.717) is 11.6 Å². The standard InChI is InChI=1S/C15H15F2N3O/c16-13-3-1-2-11(15(13)17)9-20-14(21)6-12(8-19-20)18-7-10-4-5-10/h1-3,6,8,10,18H,4-5,7,9H2. The summed E-state index contributed by atoms with van der Waals surface area (Å²) in [5, 5.41) is 7.14. The van der Waals surface area contributed by atoms with E-state index in [1.54, 1.807) is 0 Å². The highest BCUT2D eigenvalue weighted by molar-refractivity contribution is 5.39. The monoisotopic (exact) mass is 291 g/mol. The highest BCUT2D eigenvalue weighted by atomic mass is 19.2. The first-order valence-electron chi connectivity index (χ1n) is 6.87. The summed E-state index contributed by atoms with van der Waals surface area (Å²) in [6, 6.07) is 5.31. The second-order valence-corrected chi connectivity index (χ2v) is 5.28. The number of anilines is 1. The number of aromatic nitrogens is 2. The van der Waals surface area contributed by atoms with Crippen LogP contribution in [0, 0.1) is 17.6 Å². The largest absolute Gasteiger partial charge is 0.383 e. The van der Waals surface area contributed by atoms with Gasteiger partial charge in [0.1, 0.15) is 0 Å². The average Bonchev–Trinajstić information content (AvgIpc) is 3.28. The molecule has 0 amide bonds. The van der Waals surface area contributed by atoms with Crippen molar-refractivity contribution in [2.75, 3.05) is 11.9 Å². The van der Waals surface area contributed by atoms with Crippen LogP contribution in [0.5, 0.6) is 0 Å². The van der Waals surface area contributed by atoms with Gasteiger partial charge in [0, 0.05) is 18.2 Å². The van der Waals surface area contributed by atoms with E-state index < -0.39 is 11.6 Å². The maximum Gasteiger partial charge on any atom is 0.269 e. The van der Waals surface area contributed by atoms with Crippen LogP contribution < -0.4 is 10.9 Å². The fourth-order valence-electron chi connectivity index (χ4n) is 2.07. The van der Waals surface area contributed by atoms with Crippen molar-refractivity contribution < 1.29 is 8.78 Å². The van der Waals surface area contributed by atoms with Crippen LogP contribution in [-0.4, -0.2) is 16.3 Å². The van der Waals surface area contributed by atoms with Gasteiger partial charge in [-0.15, -0.1) is 0 Å². The Bertz CT molecular complexity index is 710. The molecule has 0 saturated heterocycles. The molecule has 110 valence electrons. The summed E-state index contributed by atoms with van der Waals surface area (Å²) >= 11 is 0. The van der Waals surface area contributed by atoms with Gasteiger partial charge in [0.25, 0.3) is 5.56 Å². The van der Waals surface area contributed by atoms with E-state index in [0.717, 1.165) is 17.3 Å². The van der Waals surface area contributed by atoms with Gasteiger partial charge in [-0.1, -0.05) is 12.1 Å². The summed E-state index contributed by atoms with van der Waals surface area (Å²) in [5.74, 6) is -1.18. The van der Waals surface area contributed by atoms with Gasteiger partial charge in [-0.25, -0.2) is 13.5 Å². The van der Waals surface area contributed by atoms with Crippen LogP contribution in [0.25, 0.3) is 0 Å². The van der Waals surface area contributed by atoms with Gasteiger partial charge < -0.3 is 5.32 Å². The molecule has 0 bridgehead atoms. The van der Waals surface area contributed by atoms with E-state index in [9.17, 15) is 13.6 Å². The Balaban J connectivity index is 1.76. The summed E-state index contributed by atoms with van der Waals surface area (Å²) in [4.78, 5) is 11.9. The van der Waals surface area contributed by atoms with Crippen LogP contribution in [0.1, 0.15) is 18.4 Å².